The summed E-state index contributed by atoms with van der Waals surface area (Å²) < 4.78 is 10.7. The van der Waals surface area contributed by atoms with Crippen LogP contribution in [0.3, 0.4) is 0 Å². The molecule has 1 fully saturated rings. The highest BCUT2D eigenvalue weighted by molar-refractivity contribution is 5.60. The van der Waals surface area contributed by atoms with Crippen LogP contribution in [0, 0.1) is 5.41 Å². The van der Waals surface area contributed by atoms with Crippen molar-refractivity contribution in [2.24, 2.45) is 5.41 Å². The second kappa shape index (κ2) is 6.86. The number of benzene rings is 1. The first kappa shape index (κ1) is 15.0. The predicted octanol–water partition coefficient (Wildman–Crippen LogP) is 2.12. The largest absolute Gasteiger partial charge is 0.496 e. The number of hydrogen-bond acceptors (Lipinski definition) is 4. The number of para-hydroxylation sites is 1. The molecule has 110 valence electrons. The molecule has 2 rings (SSSR count). The molecule has 20 heavy (non-hydrogen) atoms. The van der Waals surface area contributed by atoms with Crippen molar-refractivity contribution in [2.45, 2.75) is 19.4 Å². The van der Waals surface area contributed by atoms with Gasteiger partial charge >= 0.3 is 0 Å². The van der Waals surface area contributed by atoms with Gasteiger partial charge in [0.1, 0.15) is 12.0 Å². The standard InChI is InChI=1S/C16H23NO3/c1-17(11-14-5-3-4-6-15(14)19-2)12-16(13-18)7-9-20-10-8-16/h3-6,13H,7-12H2,1-2H3. The summed E-state index contributed by atoms with van der Waals surface area (Å²) in [4.78, 5) is 13.7. The number of rotatable bonds is 6. The molecule has 0 aliphatic carbocycles. The normalized spacial score (nSPS) is 17.9. The van der Waals surface area contributed by atoms with Crippen LogP contribution in [0.25, 0.3) is 0 Å². The molecule has 1 aromatic rings. The Hall–Kier alpha value is -1.39. The smallest absolute Gasteiger partial charge is 0.127 e. The molecular formula is C16H23NO3. The van der Waals surface area contributed by atoms with Crippen LogP contribution < -0.4 is 4.74 Å². The molecule has 1 aromatic carbocycles. The van der Waals surface area contributed by atoms with Gasteiger partial charge in [0.05, 0.1) is 7.11 Å². The van der Waals surface area contributed by atoms with E-state index in [1.165, 1.54) is 0 Å². The van der Waals surface area contributed by atoms with Gasteiger partial charge in [0, 0.05) is 37.3 Å². The Labute approximate surface area is 120 Å². The first-order valence-corrected chi connectivity index (χ1v) is 7.04. The minimum Gasteiger partial charge on any atom is -0.496 e. The van der Waals surface area contributed by atoms with E-state index in [0.29, 0.717) is 13.2 Å². The minimum atomic E-state index is -0.255. The summed E-state index contributed by atoms with van der Waals surface area (Å²) in [7, 11) is 3.73. The third-order valence-electron chi connectivity index (χ3n) is 3.96. The van der Waals surface area contributed by atoms with Gasteiger partial charge in [-0.1, -0.05) is 18.2 Å². The van der Waals surface area contributed by atoms with E-state index in [1.807, 2.05) is 25.2 Å². The van der Waals surface area contributed by atoms with Crippen LogP contribution in [-0.4, -0.2) is 45.1 Å². The molecule has 0 amide bonds. The van der Waals surface area contributed by atoms with Crippen LogP contribution in [0.15, 0.2) is 24.3 Å². The molecule has 1 aliphatic heterocycles. The fraction of sp³-hybridized carbons (Fsp3) is 0.562. The summed E-state index contributed by atoms with van der Waals surface area (Å²) in [6.45, 7) is 2.90. The molecule has 0 saturated carbocycles. The van der Waals surface area contributed by atoms with Crippen molar-refractivity contribution in [3.63, 3.8) is 0 Å². The summed E-state index contributed by atoms with van der Waals surface area (Å²) >= 11 is 0. The molecule has 0 spiro atoms. The lowest BCUT2D eigenvalue weighted by Crippen LogP contribution is -2.41. The van der Waals surface area contributed by atoms with Crippen LogP contribution >= 0.6 is 0 Å². The Morgan fingerprint density at radius 2 is 2.05 bits per heavy atom. The number of carbonyl (C=O) groups is 1. The molecular weight excluding hydrogens is 254 g/mol. The van der Waals surface area contributed by atoms with Crippen LogP contribution in [-0.2, 0) is 16.1 Å². The topological polar surface area (TPSA) is 38.8 Å². The fourth-order valence-corrected chi connectivity index (χ4v) is 2.81. The van der Waals surface area contributed by atoms with Crippen molar-refractivity contribution in [1.29, 1.82) is 0 Å². The molecule has 1 saturated heterocycles. The van der Waals surface area contributed by atoms with Gasteiger partial charge < -0.3 is 19.2 Å². The third-order valence-corrected chi connectivity index (χ3v) is 3.96. The second-order valence-corrected chi connectivity index (χ2v) is 5.58. The third kappa shape index (κ3) is 3.58. The van der Waals surface area contributed by atoms with E-state index in [1.54, 1.807) is 7.11 Å². The average Bonchev–Trinajstić information content (AvgIpc) is 2.48. The SMILES string of the molecule is COc1ccccc1CN(C)CC1(C=O)CCOCC1. The van der Waals surface area contributed by atoms with Gasteiger partial charge in [-0.25, -0.2) is 0 Å². The number of ether oxygens (including phenoxy) is 2. The van der Waals surface area contributed by atoms with Crippen LogP contribution in [0.1, 0.15) is 18.4 Å². The number of nitrogens with zero attached hydrogens (tertiary/aromatic N) is 1. The monoisotopic (exact) mass is 277 g/mol. The van der Waals surface area contributed by atoms with E-state index in [0.717, 1.165) is 43.5 Å². The Morgan fingerprint density at radius 3 is 2.70 bits per heavy atom. The average molecular weight is 277 g/mol. The molecule has 4 heteroatoms. The molecule has 0 atom stereocenters. The van der Waals surface area contributed by atoms with E-state index >= 15 is 0 Å². The zero-order valence-corrected chi connectivity index (χ0v) is 12.3. The summed E-state index contributed by atoms with van der Waals surface area (Å²) in [5, 5.41) is 0. The van der Waals surface area contributed by atoms with Crippen molar-refractivity contribution >= 4 is 6.29 Å². The Morgan fingerprint density at radius 1 is 1.35 bits per heavy atom. The van der Waals surface area contributed by atoms with E-state index in [9.17, 15) is 4.79 Å². The van der Waals surface area contributed by atoms with Crippen molar-refractivity contribution in [3.8, 4) is 5.75 Å². The quantitative estimate of drug-likeness (QED) is 0.747. The number of aldehydes is 1. The summed E-state index contributed by atoms with van der Waals surface area (Å²) in [6.07, 6.45) is 2.74. The zero-order valence-electron chi connectivity index (χ0n) is 12.3. The first-order chi connectivity index (χ1) is 9.69. The molecule has 4 nitrogen and oxygen atoms in total. The molecule has 1 aliphatic rings. The molecule has 0 aromatic heterocycles. The molecule has 0 N–H and O–H groups in total. The lowest BCUT2D eigenvalue weighted by molar-refractivity contribution is -0.122. The van der Waals surface area contributed by atoms with Gasteiger partial charge in [-0.3, -0.25) is 0 Å². The highest BCUT2D eigenvalue weighted by Crippen LogP contribution is 2.30. The zero-order chi connectivity index (χ0) is 14.4. The lowest BCUT2D eigenvalue weighted by Gasteiger charge is -2.35. The Bertz CT molecular complexity index is 441. The van der Waals surface area contributed by atoms with Gasteiger partial charge in [-0.15, -0.1) is 0 Å². The van der Waals surface area contributed by atoms with Gasteiger partial charge in [0.25, 0.3) is 0 Å². The van der Waals surface area contributed by atoms with Gasteiger partial charge in [-0.05, 0) is 26.0 Å². The second-order valence-electron chi connectivity index (χ2n) is 5.58. The predicted molar refractivity (Wildman–Crippen MR) is 77.9 cm³/mol. The maximum Gasteiger partial charge on any atom is 0.127 e. The van der Waals surface area contributed by atoms with Crippen molar-refractivity contribution < 1.29 is 14.3 Å². The molecule has 1 heterocycles. The van der Waals surface area contributed by atoms with E-state index < -0.39 is 0 Å². The van der Waals surface area contributed by atoms with E-state index in [4.69, 9.17) is 9.47 Å². The Balaban J connectivity index is 2.00. The summed E-state index contributed by atoms with van der Waals surface area (Å²) in [5.41, 5.74) is 0.889. The molecule has 0 bridgehead atoms. The highest BCUT2D eigenvalue weighted by Gasteiger charge is 2.33. The fourth-order valence-electron chi connectivity index (χ4n) is 2.81. The van der Waals surface area contributed by atoms with Crippen LogP contribution in [0.2, 0.25) is 0 Å². The highest BCUT2D eigenvalue weighted by atomic mass is 16.5. The maximum atomic E-state index is 11.5. The number of hydrogen-bond donors (Lipinski definition) is 0. The van der Waals surface area contributed by atoms with Gasteiger partial charge in [-0.2, -0.15) is 0 Å². The summed E-state index contributed by atoms with van der Waals surface area (Å²) in [6, 6.07) is 8.00. The van der Waals surface area contributed by atoms with Gasteiger partial charge in [0.15, 0.2) is 0 Å². The molecule has 0 unspecified atom stereocenters. The van der Waals surface area contributed by atoms with Crippen LogP contribution in [0.4, 0.5) is 0 Å². The van der Waals surface area contributed by atoms with Crippen molar-refractivity contribution in [3.05, 3.63) is 29.8 Å². The minimum absolute atomic E-state index is 0.255. The van der Waals surface area contributed by atoms with E-state index in [-0.39, 0.29) is 5.41 Å². The number of methoxy groups -OCH3 is 1. The van der Waals surface area contributed by atoms with Gasteiger partial charge in [0.2, 0.25) is 0 Å². The van der Waals surface area contributed by atoms with Crippen molar-refractivity contribution in [2.75, 3.05) is 33.9 Å². The maximum absolute atomic E-state index is 11.5. The van der Waals surface area contributed by atoms with Crippen LogP contribution in [0.5, 0.6) is 5.75 Å². The van der Waals surface area contributed by atoms with E-state index in [2.05, 4.69) is 11.0 Å². The Kier molecular flexibility index (Phi) is 5.15. The number of carbonyl (C=O) groups excluding carboxylic acids is 1. The van der Waals surface area contributed by atoms with Crippen molar-refractivity contribution in [1.82, 2.24) is 4.90 Å². The summed E-state index contributed by atoms with van der Waals surface area (Å²) in [5.74, 6) is 0.895. The molecule has 0 radical (unpaired) electrons. The first-order valence-electron chi connectivity index (χ1n) is 7.04. The lowest BCUT2D eigenvalue weighted by atomic mass is 9.81.